The Kier molecular flexibility index (Phi) is 4.18. The SMILES string of the molecule is c1cnc(N2CCCC2)c(NCC2CCCCN2)c1. The van der Waals surface area contributed by atoms with Crippen LogP contribution >= 0.6 is 0 Å². The number of rotatable bonds is 4. The van der Waals surface area contributed by atoms with E-state index in [1.807, 2.05) is 12.3 Å². The average molecular weight is 260 g/mol. The summed E-state index contributed by atoms with van der Waals surface area (Å²) in [5, 5.41) is 7.18. The third-order valence-electron chi connectivity index (χ3n) is 4.14. The zero-order valence-electron chi connectivity index (χ0n) is 11.6. The molecule has 2 aliphatic rings. The number of piperidine rings is 1. The predicted octanol–water partition coefficient (Wildman–Crippen LogP) is 2.24. The Morgan fingerprint density at radius 1 is 1.26 bits per heavy atom. The van der Waals surface area contributed by atoms with Gasteiger partial charge in [-0.3, -0.25) is 0 Å². The molecule has 0 aromatic carbocycles. The van der Waals surface area contributed by atoms with E-state index < -0.39 is 0 Å². The molecule has 0 amide bonds. The molecule has 104 valence electrons. The summed E-state index contributed by atoms with van der Waals surface area (Å²) in [7, 11) is 0. The molecular weight excluding hydrogens is 236 g/mol. The van der Waals surface area contributed by atoms with Crippen LogP contribution in [0.2, 0.25) is 0 Å². The highest BCUT2D eigenvalue weighted by Gasteiger charge is 2.18. The molecule has 1 aromatic heterocycles. The van der Waals surface area contributed by atoms with Gasteiger partial charge in [-0.25, -0.2) is 4.98 Å². The Morgan fingerprint density at radius 2 is 2.16 bits per heavy atom. The highest BCUT2D eigenvalue weighted by Crippen LogP contribution is 2.26. The lowest BCUT2D eigenvalue weighted by molar-refractivity contribution is 0.414. The minimum atomic E-state index is 0.611. The summed E-state index contributed by atoms with van der Waals surface area (Å²) in [6.45, 7) is 4.46. The summed E-state index contributed by atoms with van der Waals surface area (Å²) in [5.74, 6) is 1.14. The lowest BCUT2D eigenvalue weighted by Gasteiger charge is -2.26. The van der Waals surface area contributed by atoms with Crippen LogP contribution in [0.25, 0.3) is 0 Å². The number of hydrogen-bond donors (Lipinski definition) is 2. The van der Waals surface area contributed by atoms with Crippen molar-refractivity contribution in [1.82, 2.24) is 10.3 Å². The molecule has 1 unspecified atom stereocenters. The summed E-state index contributed by atoms with van der Waals surface area (Å²) in [4.78, 5) is 6.97. The van der Waals surface area contributed by atoms with Crippen LogP contribution in [0.1, 0.15) is 32.1 Å². The zero-order valence-corrected chi connectivity index (χ0v) is 11.6. The Balaban J connectivity index is 1.62. The van der Waals surface area contributed by atoms with Crippen molar-refractivity contribution < 1.29 is 0 Å². The molecular formula is C15H24N4. The topological polar surface area (TPSA) is 40.2 Å². The van der Waals surface area contributed by atoms with E-state index in [9.17, 15) is 0 Å². The first-order chi connectivity index (χ1) is 9.43. The van der Waals surface area contributed by atoms with Crippen molar-refractivity contribution >= 4 is 11.5 Å². The first-order valence-corrected chi connectivity index (χ1v) is 7.61. The second kappa shape index (κ2) is 6.24. The van der Waals surface area contributed by atoms with E-state index >= 15 is 0 Å². The van der Waals surface area contributed by atoms with Crippen LogP contribution in [-0.2, 0) is 0 Å². The minimum absolute atomic E-state index is 0.611. The Morgan fingerprint density at radius 3 is 2.95 bits per heavy atom. The van der Waals surface area contributed by atoms with E-state index in [1.165, 1.54) is 44.3 Å². The van der Waals surface area contributed by atoms with E-state index in [0.29, 0.717) is 6.04 Å². The number of anilines is 2. The van der Waals surface area contributed by atoms with Gasteiger partial charge in [-0.15, -0.1) is 0 Å². The fraction of sp³-hybridized carbons (Fsp3) is 0.667. The number of pyridine rings is 1. The van der Waals surface area contributed by atoms with Crippen molar-refractivity contribution in [3.05, 3.63) is 18.3 Å². The molecule has 19 heavy (non-hydrogen) atoms. The molecule has 2 N–H and O–H groups in total. The van der Waals surface area contributed by atoms with Crippen LogP contribution in [-0.4, -0.2) is 37.2 Å². The van der Waals surface area contributed by atoms with Gasteiger partial charge in [0.1, 0.15) is 0 Å². The molecule has 2 aliphatic heterocycles. The average Bonchev–Trinajstić information content (AvgIpc) is 3.01. The van der Waals surface area contributed by atoms with Crippen molar-refractivity contribution in [3.8, 4) is 0 Å². The van der Waals surface area contributed by atoms with Crippen LogP contribution in [0.4, 0.5) is 11.5 Å². The normalized spacial score (nSPS) is 23.6. The third-order valence-corrected chi connectivity index (χ3v) is 4.14. The molecule has 0 radical (unpaired) electrons. The Bertz CT molecular complexity index is 395. The van der Waals surface area contributed by atoms with Crippen molar-refractivity contribution in [1.29, 1.82) is 0 Å². The molecule has 2 fully saturated rings. The highest BCUT2D eigenvalue weighted by atomic mass is 15.2. The summed E-state index contributed by atoms with van der Waals surface area (Å²) in [6.07, 6.45) is 8.44. The molecule has 0 bridgehead atoms. The van der Waals surface area contributed by atoms with E-state index in [1.54, 1.807) is 0 Å². The molecule has 0 aliphatic carbocycles. The molecule has 3 rings (SSSR count). The number of hydrogen-bond acceptors (Lipinski definition) is 4. The minimum Gasteiger partial charge on any atom is -0.380 e. The zero-order chi connectivity index (χ0) is 12.9. The monoisotopic (exact) mass is 260 g/mol. The number of nitrogens with zero attached hydrogens (tertiary/aromatic N) is 2. The Hall–Kier alpha value is -1.29. The van der Waals surface area contributed by atoms with E-state index in [0.717, 1.165) is 25.5 Å². The maximum Gasteiger partial charge on any atom is 0.151 e. The molecule has 3 heterocycles. The van der Waals surface area contributed by atoms with Gasteiger partial charge in [-0.05, 0) is 44.4 Å². The second-order valence-corrected chi connectivity index (χ2v) is 5.60. The van der Waals surface area contributed by atoms with Crippen LogP contribution in [0, 0.1) is 0 Å². The van der Waals surface area contributed by atoms with Crippen molar-refractivity contribution in [2.24, 2.45) is 0 Å². The fourth-order valence-corrected chi connectivity index (χ4v) is 3.05. The molecule has 0 saturated carbocycles. The second-order valence-electron chi connectivity index (χ2n) is 5.60. The largest absolute Gasteiger partial charge is 0.380 e. The van der Waals surface area contributed by atoms with Crippen LogP contribution < -0.4 is 15.5 Å². The van der Waals surface area contributed by atoms with E-state index in [2.05, 4.69) is 26.6 Å². The van der Waals surface area contributed by atoms with E-state index in [4.69, 9.17) is 0 Å². The maximum absolute atomic E-state index is 4.57. The standard InChI is InChI=1S/C15H24N4/c1-2-8-16-13(6-1)12-18-14-7-5-9-17-15(14)19-10-3-4-11-19/h5,7,9,13,16,18H,1-4,6,8,10-12H2. The summed E-state index contributed by atoms with van der Waals surface area (Å²) < 4.78 is 0. The number of aromatic nitrogens is 1. The summed E-state index contributed by atoms with van der Waals surface area (Å²) >= 11 is 0. The number of nitrogens with one attached hydrogen (secondary N) is 2. The molecule has 1 aromatic rings. The van der Waals surface area contributed by atoms with Crippen molar-refractivity contribution in [2.45, 2.75) is 38.1 Å². The van der Waals surface area contributed by atoms with Gasteiger partial charge in [0.2, 0.25) is 0 Å². The van der Waals surface area contributed by atoms with Gasteiger partial charge in [-0.2, -0.15) is 0 Å². The lowest BCUT2D eigenvalue weighted by atomic mass is 10.1. The summed E-state index contributed by atoms with van der Waals surface area (Å²) in [6, 6.07) is 4.79. The first-order valence-electron chi connectivity index (χ1n) is 7.61. The summed E-state index contributed by atoms with van der Waals surface area (Å²) in [5.41, 5.74) is 1.19. The van der Waals surface area contributed by atoms with Crippen molar-refractivity contribution in [2.75, 3.05) is 36.4 Å². The van der Waals surface area contributed by atoms with Crippen LogP contribution in [0.5, 0.6) is 0 Å². The van der Waals surface area contributed by atoms with Crippen molar-refractivity contribution in [3.63, 3.8) is 0 Å². The molecule has 1 atom stereocenters. The van der Waals surface area contributed by atoms with Crippen LogP contribution in [0.15, 0.2) is 18.3 Å². The molecule has 2 saturated heterocycles. The fourth-order valence-electron chi connectivity index (χ4n) is 3.05. The first kappa shape index (κ1) is 12.7. The van der Waals surface area contributed by atoms with Gasteiger partial charge in [0.25, 0.3) is 0 Å². The predicted molar refractivity (Wildman–Crippen MR) is 79.8 cm³/mol. The van der Waals surface area contributed by atoms with Crippen LogP contribution in [0.3, 0.4) is 0 Å². The smallest absolute Gasteiger partial charge is 0.151 e. The Labute approximate surface area is 115 Å². The molecule has 0 spiro atoms. The quantitative estimate of drug-likeness (QED) is 0.871. The lowest BCUT2D eigenvalue weighted by Crippen LogP contribution is -2.39. The van der Waals surface area contributed by atoms with Gasteiger partial charge in [-0.1, -0.05) is 6.42 Å². The van der Waals surface area contributed by atoms with Gasteiger partial charge in [0, 0.05) is 31.9 Å². The van der Waals surface area contributed by atoms with Gasteiger partial charge in [0.15, 0.2) is 5.82 Å². The van der Waals surface area contributed by atoms with Gasteiger partial charge in [0.05, 0.1) is 5.69 Å². The van der Waals surface area contributed by atoms with Gasteiger partial charge < -0.3 is 15.5 Å². The molecule has 4 nitrogen and oxygen atoms in total. The molecule has 4 heteroatoms. The maximum atomic E-state index is 4.57. The highest BCUT2D eigenvalue weighted by molar-refractivity contribution is 5.65. The third kappa shape index (κ3) is 3.18. The van der Waals surface area contributed by atoms with E-state index in [-0.39, 0.29) is 0 Å². The van der Waals surface area contributed by atoms with Gasteiger partial charge >= 0.3 is 0 Å².